The highest BCUT2D eigenvalue weighted by Crippen LogP contribution is 2.31. The fourth-order valence-corrected chi connectivity index (χ4v) is 2.43. The van der Waals surface area contributed by atoms with Gasteiger partial charge in [-0.1, -0.05) is 35.9 Å². The summed E-state index contributed by atoms with van der Waals surface area (Å²) in [5, 5.41) is 17.2. The summed E-state index contributed by atoms with van der Waals surface area (Å²) in [6.45, 7) is 0. The minimum atomic E-state index is -1.13. The molecule has 0 bridgehead atoms. The first-order valence-corrected chi connectivity index (χ1v) is 6.78. The summed E-state index contributed by atoms with van der Waals surface area (Å²) in [6.07, 6.45) is 1.61. The second kappa shape index (κ2) is 5.57. The van der Waals surface area contributed by atoms with Gasteiger partial charge in [-0.2, -0.15) is 0 Å². The lowest BCUT2D eigenvalue weighted by atomic mass is 9.99. The molecule has 1 N–H and O–H groups in total. The molecule has 7 heteroatoms. The Hall–Kier alpha value is -2.73. The third kappa shape index (κ3) is 2.56. The molecule has 0 radical (unpaired) electrons. The van der Waals surface area contributed by atoms with Crippen molar-refractivity contribution in [3.8, 4) is 22.5 Å². The van der Waals surface area contributed by atoms with E-state index < -0.39 is 5.97 Å². The number of benzene rings is 1. The number of halogens is 1. The number of aryl methyl sites for hydroxylation is 1. The van der Waals surface area contributed by atoms with Crippen LogP contribution in [0.3, 0.4) is 0 Å². The van der Waals surface area contributed by atoms with E-state index in [0.29, 0.717) is 11.4 Å². The molecule has 0 unspecified atom stereocenters. The number of rotatable bonds is 3. The van der Waals surface area contributed by atoms with Crippen molar-refractivity contribution in [2.24, 2.45) is 7.05 Å². The quantitative estimate of drug-likeness (QED) is 0.752. The molecule has 0 aliphatic carbocycles. The maximum atomic E-state index is 11.2. The molecule has 3 rings (SSSR count). The van der Waals surface area contributed by atoms with E-state index in [1.54, 1.807) is 17.0 Å². The molecule has 0 saturated carbocycles. The molecule has 0 aliphatic heterocycles. The highest BCUT2D eigenvalue weighted by molar-refractivity contribution is 6.29. The van der Waals surface area contributed by atoms with Crippen molar-refractivity contribution in [2.75, 3.05) is 0 Å². The van der Waals surface area contributed by atoms with Gasteiger partial charge >= 0.3 is 5.97 Å². The van der Waals surface area contributed by atoms with Crippen molar-refractivity contribution in [3.05, 3.63) is 53.6 Å². The van der Waals surface area contributed by atoms with Crippen LogP contribution in [0.2, 0.25) is 5.15 Å². The molecule has 22 heavy (non-hydrogen) atoms. The lowest BCUT2D eigenvalue weighted by molar-refractivity contribution is 0.0690. The van der Waals surface area contributed by atoms with Crippen LogP contribution >= 0.6 is 11.6 Å². The lowest BCUT2D eigenvalue weighted by Crippen LogP contribution is -2.01. The Kier molecular flexibility index (Phi) is 3.60. The number of carboxylic acid groups (broad SMARTS) is 1. The van der Waals surface area contributed by atoms with E-state index in [2.05, 4.69) is 15.2 Å². The summed E-state index contributed by atoms with van der Waals surface area (Å²) in [7, 11) is 1.84. The SMILES string of the molecule is Cn1cnnc1-c1ccccc1-c1cc(Cl)nc(C(=O)O)c1. The third-order valence-corrected chi connectivity index (χ3v) is 3.40. The number of hydrogen-bond acceptors (Lipinski definition) is 4. The Balaban J connectivity index is 2.22. The lowest BCUT2D eigenvalue weighted by Gasteiger charge is -2.10. The van der Waals surface area contributed by atoms with Gasteiger partial charge in [0, 0.05) is 12.6 Å². The number of aromatic carboxylic acids is 1. The summed E-state index contributed by atoms with van der Waals surface area (Å²) in [5.41, 5.74) is 2.21. The average molecular weight is 315 g/mol. The highest BCUT2D eigenvalue weighted by Gasteiger charge is 2.14. The van der Waals surface area contributed by atoms with Gasteiger partial charge in [0.15, 0.2) is 11.5 Å². The van der Waals surface area contributed by atoms with E-state index in [-0.39, 0.29) is 10.8 Å². The molecular weight excluding hydrogens is 304 g/mol. The highest BCUT2D eigenvalue weighted by atomic mass is 35.5. The van der Waals surface area contributed by atoms with Crippen LogP contribution in [0.15, 0.2) is 42.7 Å². The van der Waals surface area contributed by atoms with Gasteiger partial charge in [-0.25, -0.2) is 9.78 Å². The van der Waals surface area contributed by atoms with Crippen molar-refractivity contribution >= 4 is 17.6 Å². The first-order valence-electron chi connectivity index (χ1n) is 6.41. The van der Waals surface area contributed by atoms with Crippen LogP contribution in [0.4, 0.5) is 0 Å². The van der Waals surface area contributed by atoms with Gasteiger partial charge in [0.2, 0.25) is 0 Å². The molecule has 2 heterocycles. The Morgan fingerprint density at radius 1 is 1.23 bits per heavy atom. The molecule has 0 aliphatic rings. The van der Waals surface area contributed by atoms with Crippen LogP contribution in [-0.4, -0.2) is 30.8 Å². The summed E-state index contributed by atoms with van der Waals surface area (Å²) < 4.78 is 1.79. The first-order chi connectivity index (χ1) is 10.6. The predicted octanol–water partition coefficient (Wildman–Crippen LogP) is 2.90. The second-order valence-corrected chi connectivity index (χ2v) is 5.07. The van der Waals surface area contributed by atoms with Crippen LogP contribution in [0.5, 0.6) is 0 Å². The molecular formula is C15H11ClN4O2. The van der Waals surface area contributed by atoms with E-state index in [1.807, 2.05) is 31.3 Å². The zero-order chi connectivity index (χ0) is 15.7. The van der Waals surface area contributed by atoms with Crippen molar-refractivity contribution in [1.82, 2.24) is 19.7 Å². The molecule has 0 amide bonds. The van der Waals surface area contributed by atoms with Crippen molar-refractivity contribution < 1.29 is 9.90 Å². The summed E-state index contributed by atoms with van der Waals surface area (Å²) >= 11 is 5.94. The summed E-state index contributed by atoms with van der Waals surface area (Å²) in [5.74, 6) is -0.444. The Bertz CT molecular complexity index is 860. The number of aromatic nitrogens is 4. The number of hydrogen-bond donors (Lipinski definition) is 1. The van der Waals surface area contributed by atoms with Gasteiger partial charge in [0.25, 0.3) is 0 Å². The molecule has 110 valence electrons. The van der Waals surface area contributed by atoms with Crippen molar-refractivity contribution in [2.45, 2.75) is 0 Å². The smallest absolute Gasteiger partial charge is 0.354 e. The van der Waals surface area contributed by atoms with Crippen LogP contribution in [0, 0.1) is 0 Å². The van der Waals surface area contributed by atoms with Gasteiger partial charge < -0.3 is 9.67 Å². The van der Waals surface area contributed by atoms with Gasteiger partial charge in [-0.3, -0.25) is 0 Å². The standard InChI is InChI=1S/C15H11ClN4O2/c1-20-8-17-19-14(20)11-5-3-2-4-10(11)9-6-12(15(21)22)18-13(16)7-9/h2-8H,1H3,(H,21,22). The summed E-state index contributed by atoms with van der Waals surface area (Å²) in [6, 6.07) is 10.6. The Morgan fingerprint density at radius 3 is 2.59 bits per heavy atom. The fraction of sp³-hybridized carbons (Fsp3) is 0.0667. The van der Waals surface area contributed by atoms with E-state index in [4.69, 9.17) is 16.7 Å². The Morgan fingerprint density at radius 2 is 1.95 bits per heavy atom. The number of pyridine rings is 1. The number of carbonyl (C=O) groups is 1. The topological polar surface area (TPSA) is 80.9 Å². The molecule has 0 fully saturated rings. The normalized spacial score (nSPS) is 10.6. The second-order valence-electron chi connectivity index (χ2n) is 4.68. The zero-order valence-electron chi connectivity index (χ0n) is 11.6. The van der Waals surface area contributed by atoms with Crippen LogP contribution in [0.1, 0.15) is 10.5 Å². The average Bonchev–Trinajstić information content (AvgIpc) is 2.92. The van der Waals surface area contributed by atoms with Gasteiger partial charge in [0.05, 0.1) is 0 Å². The van der Waals surface area contributed by atoms with Crippen molar-refractivity contribution in [3.63, 3.8) is 0 Å². The summed E-state index contributed by atoms with van der Waals surface area (Å²) in [4.78, 5) is 15.0. The van der Waals surface area contributed by atoms with E-state index in [0.717, 1.165) is 11.1 Å². The molecule has 0 saturated heterocycles. The first kappa shape index (κ1) is 14.2. The minimum absolute atomic E-state index is 0.102. The number of carboxylic acids is 1. The molecule has 6 nitrogen and oxygen atoms in total. The molecule has 0 spiro atoms. The number of nitrogens with zero attached hydrogens (tertiary/aromatic N) is 4. The predicted molar refractivity (Wildman–Crippen MR) is 81.6 cm³/mol. The van der Waals surface area contributed by atoms with E-state index in [1.165, 1.54) is 6.07 Å². The van der Waals surface area contributed by atoms with Crippen molar-refractivity contribution in [1.29, 1.82) is 0 Å². The third-order valence-electron chi connectivity index (χ3n) is 3.20. The van der Waals surface area contributed by atoms with E-state index >= 15 is 0 Å². The molecule has 3 aromatic rings. The van der Waals surface area contributed by atoms with Crippen LogP contribution in [0.25, 0.3) is 22.5 Å². The van der Waals surface area contributed by atoms with Gasteiger partial charge in [-0.05, 0) is 23.3 Å². The minimum Gasteiger partial charge on any atom is -0.477 e. The monoisotopic (exact) mass is 314 g/mol. The fourth-order valence-electron chi connectivity index (χ4n) is 2.22. The molecule has 0 atom stereocenters. The maximum absolute atomic E-state index is 11.2. The van der Waals surface area contributed by atoms with Gasteiger partial charge in [0.1, 0.15) is 11.5 Å². The zero-order valence-corrected chi connectivity index (χ0v) is 12.3. The Labute approximate surface area is 131 Å². The largest absolute Gasteiger partial charge is 0.477 e. The maximum Gasteiger partial charge on any atom is 0.354 e. The van der Waals surface area contributed by atoms with E-state index in [9.17, 15) is 4.79 Å². The molecule has 1 aromatic carbocycles. The van der Waals surface area contributed by atoms with Gasteiger partial charge in [-0.15, -0.1) is 10.2 Å². The molecule has 2 aromatic heterocycles. The van der Waals surface area contributed by atoms with Crippen LogP contribution < -0.4 is 0 Å². The van der Waals surface area contributed by atoms with Crippen LogP contribution in [-0.2, 0) is 7.05 Å².